The summed E-state index contributed by atoms with van der Waals surface area (Å²) in [5, 5.41) is 7.90. The summed E-state index contributed by atoms with van der Waals surface area (Å²) >= 11 is 5.22. The van der Waals surface area contributed by atoms with Crippen LogP contribution in [-0.4, -0.2) is 26.1 Å². The molecule has 0 spiro atoms. The van der Waals surface area contributed by atoms with Crippen LogP contribution in [0.5, 0.6) is 0 Å². The van der Waals surface area contributed by atoms with Crippen LogP contribution in [0.4, 0.5) is 0 Å². The third-order valence-electron chi connectivity index (χ3n) is 0.628. The van der Waals surface area contributed by atoms with Crippen molar-refractivity contribution in [3.63, 3.8) is 0 Å². The number of nitrogens with one attached hydrogen (secondary N) is 1. The predicted molar refractivity (Wildman–Crippen MR) is 35.1 cm³/mol. The molecule has 0 radical (unpaired) electrons. The van der Waals surface area contributed by atoms with E-state index in [9.17, 15) is 8.42 Å². The van der Waals surface area contributed by atoms with Gasteiger partial charge in [0.2, 0.25) is 0 Å². The standard InChI is InChI=1S/C3H8ClNO4S/c4-2-1-3-9-10(7,8)5-6/h5-6H,1-3H2. The molecule has 0 saturated heterocycles. The highest BCUT2D eigenvalue weighted by atomic mass is 35.5. The smallest absolute Gasteiger partial charge is 0.300 e. The number of alkyl halides is 1. The van der Waals surface area contributed by atoms with E-state index in [0.717, 1.165) is 4.89 Å². The molecule has 0 heterocycles. The molecule has 0 fully saturated rings. The largest absolute Gasteiger partial charge is 0.358 e. The van der Waals surface area contributed by atoms with E-state index >= 15 is 0 Å². The van der Waals surface area contributed by atoms with Gasteiger partial charge in [-0.25, -0.2) is 0 Å². The minimum Gasteiger partial charge on any atom is -0.300 e. The summed E-state index contributed by atoms with van der Waals surface area (Å²) in [6, 6.07) is 0. The molecule has 5 nitrogen and oxygen atoms in total. The molecule has 10 heavy (non-hydrogen) atoms. The van der Waals surface area contributed by atoms with Crippen molar-refractivity contribution in [3.05, 3.63) is 0 Å². The lowest BCUT2D eigenvalue weighted by molar-refractivity contribution is 0.204. The highest BCUT2D eigenvalue weighted by molar-refractivity contribution is 7.84. The van der Waals surface area contributed by atoms with Gasteiger partial charge in [-0.1, -0.05) is 4.89 Å². The Bertz CT molecular complexity index is 167. The lowest BCUT2D eigenvalue weighted by Crippen LogP contribution is -2.22. The van der Waals surface area contributed by atoms with Gasteiger partial charge < -0.3 is 5.21 Å². The van der Waals surface area contributed by atoms with Crippen LogP contribution in [0.15, 0.2) is 0 Å². The van der Waals surface area contributed by atoms with E-state index in [4.69, 9.17) is 16.8 Å². The van der Waals surface area contributed by atoms with Crippen molar-refractivity contribution in [1.29, 1.82) is 0 Å². The van der Waals surface area contributed by atoms with Crippen molar-refractivity contribution in [1.82, 2.24) is 4.89 Å². The molecule has 0 aliphatic heterocycles. The van der Waals surface area contributed by atoms with Gasteiger partial charge >= 0.3 is 10.3 Å². The molecule has 0 bridgehead atoms. The van der Waals surface area contributed by atoms with Crippen molar-refractivity contribution in [3.8, 4) is 0 Å². The average Bonchev–Trinajstić information content (AvgIpc) is 1.89. The van der Waals surface area contributed by atoms with Crippen molar-refractivity contribution in [2.45, 2.75) is 6.42 Å². The molecule has 0 amide bonds. The first-order valence-corrected chi connectivity index (χ1v) is 4.43. The second-order valence-corrected chi connectivity index (χ2v) is 3.11. The monoisotopic (exact) mass is 189 g/mol. The quantitative estimate of drug-likeness (QED) is 0.359. The molecule has 0 unspecified atom stereocenters. The first-order valence-electron chi connectivity index (χ1n) is 2.48. The van der Waals surface area contributed by atoms with Gasteiger partial charge in [0.25, 0.3) is 0 Å². The van der Waals surface area contributed by atoms with Crippen LogP contribution >= 0.6 is 11.6 Å². The normalized spacial score (nSPS) is 11.8. The second kappa shape index (κ2) is 4.86. The van der Waals surface area contributed by atoms with Gasteiger partial charge in [0, 0.05) is 5.88 Å². The lowest BCUT2D eigenvalue weighted by atomic mass is 10.5. The van der Waals surface area contributed by atoms with Gasteiger partial charge in [0.1, 0.15) is 0 Å². The fourth-order valence-electron chi connectivity index (χ4n) is 0.250. The van der Waals surface area contributed by atoms with Gasteiger partial charge in [0.05, 0.1) is 6.61 Å². The maximum Gasteiger partial charge on any atom is 0.358 e. The lowest BCUT2D eigenvalue weighted by Gasteiger charge is -1.99. The van der Waals surface area contributed by atoms with E-state index in [0.29, 0.717) is 12.3 Å². The van der Waals surface area contributed by atoms with Gasteiger partial charge in [-0.2, -0.15) is 8.42 Å². The van der Waals surface area contributed by atoms with Crippen LogP contribution in [0.1, 0.15) is 6.42 Å². The summed E-state index contributed by atoms with van der Waals surface area (Å²) in [7, 11) is -3.94. The molecule has 2 N–H and O–H groups in total. The van der Waals surface area contributed by atoms with E-state index in [1.807, 2.05) is 0 Å². The topological polar surface area (TPSA) is 75.6 Å². The molecule has 0 aliphatic carbocycles. The van der Waals surface area contributed by atoms with Crippen molar-refractivity contribution >= 4 is 21.9 Å². The Labute approximate surface area is 64.2 Å². The second-order valence-electron chi connectivity index (χ2n) is 1.41. The molecule has 0 rings (SSSR count). The molecule has 62 valence electrons. The molecule has 7 heteroatoms. The van der Waals surface area contributed by atoms with E-state index in [1.165, 1.54) is 0 Å². The Morgan fingerprint density at radius 3 is 2.60 bits per heavy atom. The van der Waals surface area contributed by atoms with Gasteiger partial charge in [-0.15, -0.1) is 11.6 Å². The average molecular weight is 190 g/mol. The zero-order valence-electron chi connectivity index (χ0n) is 5.08. The highest BCUT2D eigenvalue weighted by Crippen LogP contribution is 1.90. The van der Waals surface area contributed by atoms with Crippen LogP contribution in [0.3, 0.4) is 0 Å². The predicted octanol–water partition coefficient (Wildman–Crippen LogP) is -0.145. The highest BCUT2D eigenvalue weighted by Gasteiger charge is 2.05. The molecule has 0 atom stereocenters. The number of hydrogen-bond donors (Lipinski definition) is 2. The van der Waals surface area contributed by atoms with Crippen LogP contribution in [-0.2, 0) is 14.5 Å². The summed E-state index contributed by atoms with van der Waals surface area (Å²) in [4.78, 5) is 1.01. The van der Waals surface area contributed by atoms with Crippen LogP contribution in [0.2, 0.25) is 0 Å². The third-order valence-corrected chi connectivity index (χ3v) is 1.60. The number of halogens is 1. The van der Waals surface area contributed by atoms with Gasteiger partial charge in [0.15, 0.2) is 0 Å². The molecule has 0 aromatic rings. The Kier molecular flexibility index (Phi) is 4.92. The van der Waals surface area contributed by atoms with Crippen molar-refractivity contribution in [2.75, 3.05) is 12.5 Å². The Hall–Kier alpha value is 0.120. The summed E-state index contributed by atoms with van der Waals surface area (Å²) in [5.41, 5.74) is 0. The summed E-state index contributed by atoms with van der Waals surface area (Å²) in [6.07, 6.45) is 0.419. The fourth-order valence-corrected chi connectivity index (χ4v) is 0.749. The zero-order valence-corrected chi connectivity index (χ0v) is 6.65. The molecule has 0 aromatic heterocycles. The minimum atomic E-state index is -3.94. The minimum absolute atomic E-state index is 0.0284. The molecule has 0 saturated carbocycles. The van der Waals surface area contributed by atoms with E-state index in [-0.39, 0.29) is 6.61 Å². The maximum absolute atomic E-state index is 10.2. The molecular weight excluding hydrogens is 182 g/mol. The number of rotatable bonds is 5. The van der Waals surface area contributed by atoms with Crippen LogP contribution in [0.25, 0.3) is 0 Å². The van der Waals surface area contributed by atoms with Crippen LogP contribution < -0.4 is 4.89 Å². The number of hydrogen-bond acceptors (Lipinski definition) is 4. The molecule has 0 aliphatic rings. The Morgan fingerprint density at radius 2 is 2.20 bits per heavy atom. The van der Waals surface area contributed by atoms with E-state index in [1.54, 1.807) is 0 Å². The first-order chi connectivity index (χ1) is 4.62. The Morgan fingerprint density at radius 1 is 1.60 bits per heavy atom. The van der Waals surface area contributed by atoms with Gasteiger partial charge in [-0.05, 0) is 6.42 Å². The molecular formula is C3H8ClNO4S. The van der Waals surface area contributed by atoms with E-state index in [2.05, 4.69) is 4.18 Å². The summed E-state index contributed by atoms with van der Waals surface area (Å²) in [6.45, 7) is -0.0284. The van der Waals surface area contributed by atoms with Crippen molar-refractivity contribution < 1.29 is 17.8 Å². The SMILES string of the molecule is O=S(=O)(NO)OCCCCl. The summed E-state index contributed by atoms with van der Waals surface area (Å²) < 4.78 is 24.6. The van der Waals surface area contributed by atoms with Gasteiger partial charge in [-0.3, -0.25) is 4.18 Å². The Balaban J connectivity index is 3.49. The first kappa shape index (κ1) is 10.1. The summed E-state index contributed by atoms with van der Waals surface area (Å²) in [5.74, 6) is 0.320. The zero-order chi connectivity index (χ0) is 8.04. The molecule has 0 aromatic carbocycles. The van der Waals surface area contributed by atoms with Crippen molar-refractivity contribution in [2.24, 2.45) is 0 Å². The maximum atomic E-state index is 10.2. The van der Waals surface area contributed by atoms with Crippen LogP contribution in [0, 0.1) is 0 Å². The van der Waals surface area contributed by atoms with E-state index < -0.39 is 10.3 Å². The fraction of sp³-hybridized carbons (Fsp3) is 1.00. The third kappa shape index (κ3) is 4.95.